The minimum Gasteiger partial charge on any atom is -0.386 e. The van der Waals surface area contributed by atoms with Crippen molar-refractivity contribution in [1.82, 2.24) is 15.5 Å². The van der Waals surface area contributed by atoms with E-state index >= 15 is 0 Å². The molecule has 1 unspecified atom stereocenters. The first-order valence-corrected chi connectivity index (χ1v) is 9.95. The van der Waals surface area contributed by atoms with Crippen LogP contribution in [0.5, 0.6) is 0 Å². The second-order valence-electron chi connectivity index (χ2n) is 6.33. The monoisotopic (exact) mass is 372 g/mol. The van der Waals surface area contributed by atoms with Gasteiger partial charge in [0.15, 0.2) is 5.96 Å². The smallest absolute Gasteiger partial charge is 0.191 e. The fourth-order valence-electron chi connectivity index (χ4n) is 2.73. The van der Waals surface area contributed by atoms with Crippen molar-refractivity contribution in [2.45, 2.75) is 32.8 Å². The first-order valence-electron chi connectivity index (χ1n) is 8.76. The number of nitrogens with one attached hydrogen (secondary N) is 2. The second kappa shape index (κ2) is 10.2. The molecule has 2 rings (SSSR count). The predicted molar refractivity (Wildman–Crippen MR) is 103 cm³/mol. The number of hydrogen-bond acceptors (Lipinski definition) is 4. The summed E-state index contributed by atoms with van der Waals surface area (Å²) >= 11 is 7.31. The minimum absolute atomic E-state index is 0.327. The lowest BCUT2D eigenvalue weighted by Gasteiger charge is -2.30. The quantitative estimate of drug-likeness (QED) is 0.508. The number of aliphatic hydroxyl groups is 1. The fourth-order valence-corrected chi connectivity index (χ4v) is 3.77. The molecular formula is C17H29ClN4OS. The van der Waals surface area contributed by atoms with Crippen LogP contribution in [-0.2, 0) is 0 Å². The van der Waals surface area contributed by atoms with E-state index in [1.54, 1.807) is 6.07 Å². The largest absolute Gasteiger partial charge is 0.386 e. The number of piperidine rings is 1. The van der Waals surface area contributed by atoms with Crippen LogP contribution in [0.2, 0.25) is 4.34 Å². The van der Waals surface area contributed by atoms with E-state index in [2.05, 4.69) is 27.4 Å². The third-order valence-corrected chi connectivity index (χ3v) is 5.62. The van der Waals surface area contributed by atoms with Crippen molar-refractivity contribution in [2.24, 2.45) is 10.9 Å². The molecule has 1 fully saturated rings. The van der Waals surface area contributed by atoms with Gasteiger partial charge >= 0.3 is 0 Å². The molecule has 1 aliphatic heterocycles. The van der Waals surface area contributed by atoms with Gasteiger partial charge in [0.25, 0.3) is 0 Å². The number of likely N-dealkylation sites (tertiary alicyclic amines) is 1. The van der Waals surface area contributed by atoms with Crippen molar-refractivity contribution in [3.8, 4) is 0 Å². The molecule has 136 valence electrons. The molecule has 7 heteroatoms. The molecule has 0 spiro atoms. The number of aliphatic imine (C=N–C) groups is 1. The van der Waals surface area contributed by atoms with E-state index in [9.17, 15) is 5.11 Å². The van der Waals surface area contributed by atoms with E-state index in [1.807, 2.05) is 13.0 Å². The fraction of sp³-hybridized carbons (Fsp3) is 0.706. The Kier molecular flexibility index (Phi) is 8.32. The summed E-state index contributed by atoms with van der Waals surface area (Å²) in [6.45, 7) is 9.77. The van der Waals surface area contributed by atoms with Gasteiger partial charge in [-0.2, -0.15) is 0 Å². The summed E-state index contributed by atoms with van der Waals surface area (Å²) in [5.41, 5.74) is 0. The van der Waals surface area contributed by atoms with Gasteiger partial charge < -0.3 is 20.6 Å². The molecule has 0 bridgehead atoms. The maximum atomic E-state index is 10.2. The third-order valence-electron chi connectivity index (χ3n) is 4.29. The van der Waals surface area contributed by atoms with Crippen LogP contribution in [-0.4, -0.2) is 55.2 Å². The first-order chi connectivity index (χ1) is 11.6. The third kappa shape index (κ3) is 6.59. The highest BCUT2D eigenvalue weighted by Gasteiger charge is 2.15. The predicted octanol–water partition coefficient (Wildman–Crippen LogP) is 2.72. The number of hydrogen-bond donors (Lipinski definition) is 3. The van der Waals surface area contributed by atoms with Crippen molar-refractivity contribution >= 4 is 28.9 Å². The molecular weight excluding hydrogens is 344 g/mol. The van der Waals surface area contributed by atoms with Crippen molar-refractivity contribution in [3.05, 3.63) is 21.3 Å². The number of aliphatic hydroxyl groups excluding tert-OH is 1. The van der Waals surface area contributed by atoms with Crippen LogP contribution < -0.4 is 10.6 Å². The average molecular weight is 373 g/mol. The zero-order valence-corrected chi connectivity index (χ0v) is 16.2. The molecule has 24 heavy (non-hydrogen) atoms. The summed E-state index contributed by atoms with van der Waals surface area (Å²) in [6.07, 6.45) is 1.98. The van der Waals surface area contributed by atoms with E-state index in [1.165, 1.54) is 37.3 Å². The summed E-state index contributed by atoms with van der Waals surface area (Å²) in [7, 11) is 0. The van der Waals surface area contributed by atoms with Gasteiger partial charge in [0.05, 0.1) is 10.9 Å². The van der Waals surface area contributed by atoms with Gasteiger partial charge in [-0.25, -0.2) is 0 Å². The molecule has 3 N–H and O–H groups in total. The van der Waals surface area contributed by atoms with Gasteiger partial charge in [0.2, 0.25) is 0 Å². The highest BCUT2D eigenvalue weighted by molar-refractivity contribution is 7.16. The average Bonchev–Trinajstić information content (AvgIpc) is 3.01. The molecule has 0 saturated carbocycles. The molecule has 1 aromatic rings. The molecule has 1 aromatic heterocycles. The Labute approximate surface area is 154 Å². The summed E-state index contributed by atoms with van der Waals surface area (Å²) in [5.74, 6) is 1.62. The van der Waals surface area contributed by atoms with Crippen molar-refractivity contribution in [1.29, 1.82) is 0 Å². The molecule has 0 aliphatic carbocycles. The maximum absolute atomic E-state index is 10.2. The van der Waals surface area contributed by atoms with Crippen LogP contribution in [0.3, 0.4) is 0 Å². The SMILES string of the molecule is CCNC(=NCC(O)c1ccc(Cl)s1)NCCN1CCC(C)CC1. The highest BCUT2D eigenvalue weighted by atomic mass is 35.5. The van der Waals surface area contributed by atoms with Crippen LogP contribution in [0, 0.1) is 5.92 Å². The Morgan fingerprint density at radius 3 is 2.79 bits per heavy atom. The van der Waals surface area contributed by atoms with Crippen LogP contribution in [0.4, 0.5) is 0 Å². The van der Waals surface area contributed by atoms with Crippen LogP contribution in [0.1, 0.15) is 37.7 Å². The molecule has 1 aliphatic rings. The number of thiophene rings is 1. The molecule has 5 nitrogen and oxygen atoms in total. The van der Waals surface area contributed by atoms with Gasteiger partial charge in [-0.15, -0.1) is 11.3 Å². The van der Waals surface area contributed by atoms with E-state index in [0.29, 0.717) is 10.9 Å². The van der Waals surface area contributed by atoms with Gasteiger partial charge in [0.1, 0.15) is 6.10 Å². The summed E-state index contributed by atoms with van der Waals surface area (Å²) in [6, 6.07) is 3.66. The van der Waals surface area contributed by atoms with E-state index in [4.69, 9.17) is 11.6 Å². The Morgan fingerprint density at radius 1 is 1.42 bits per heavy atom. The zero-order valence-electron chi connectivity index (χ0n) is 14.6. The van der Waals surface area contributed by atoms with E-state index in [0.717, 1.165) is 36.4 Å². The van der Waals surface area contributed by atoms with Crippen LogP contribution in [0.15, 0.2) is 17.1 Å². The lowest BCUT2D eigenvalue weighted by Crippen LogP contribution is -2.43. The second-order valence-corrected chi connectivity index (χ2v) is 8.07. The Bertz CT molecular complexity index is 514. The molecule has 0 amide bonds. The van der Waals surface area contributed by atoms with Gasteiger partial charge in [-0.1, -0.05) is 18.5 Å². The lowest BCUT2D eigenvalue weighted by atomic mass is 9.99. The normalized spacial score (nSPS) is 18.6. The molecule has 0 radical (unpaired) electrons. The lowest BCUT2D eigenvalue weighted by molar-refractivity contribution is 0.190. The topological polar surface area (TPSA) is 59.9 Å². The minimum atomic E-state index is -0.610. The molecule has 2 heterocycles. The van der Waals surface area contributed by atoms with Gasteiger partial charge in [-0.05, 0) is 50.9 Å². The van der Waals surface area contributed by atoms with Gasteiger partial charge in [-0.3, -0.25) is 4.99 Å². The van der Waals surface area contributed by atoms with E-state index < -0.39 is 6.10 Å². The van der Waals surface area contributed by atoms with Crippen LogP contribution >= 0.6 is 22.9 Å². The van der Waals surface area contributed by atoms with Crippen molar-refractivity contribution < 1.29 is 5.11 Å². The molecule has 1 atom stereocenters. The summed E-state index contributed by atoms with van der Waals surface area (Å²) in [5, 5.41) is 16.8. The molecule has 0 aromatic carbocycles. The zero-order chi connectivity index (χ0) is 17.4. The number of rotatable bonds is 7. The van der Waals surface area contributed by atoms with Crippen molar-refractivity contribution in [2.75, 3.05) is 39.3 Å². The summed E-state index contributed by atoms with van der Waals surface area (Å²) < 4.78 is 0.689. The van der Waals surface area contributed by atoms with E-state index in [-0.39, 0.29) is 0 Å². The summed E-state index contributed by atoms with van der Waals surface area (Å²) in [4.78, 5) is 7.83. The van der Waals surface area contributed by atoms with Crippen LogP contribution in [0.25, 0.3) is 0 Å². The molecule has 1 saturated heterocycles. The highest BCUT2D eigenvalue weighted by Crippen LogP contribution is 2.26. The maximum Gasteiger partial charge on any atom is 0.191 e. The van der Waals surface area contributed by atoms with Crippen molar-refractivity contribution in [3.63, 3.8) is 0 Å². The standard InChI is InChI=1S/C17H29ClN4OS/c1-3-19-17(20-8-11-22-9-6-13(2)7-10-22)21-12-14(23)15-4-5-16(18)24-15/h4-5,13-14,23H,3,6-12H2,1-2H3,(H2,19,20,21). The number of guanidine groups is 1. The number of halogens is 1. The van der Waals surface area contributed by atoms with Gasteiger partial charge in [0, 0.05) is 24.5 Å². The first kappa shape index (κ1) is 19.5. The Hall–Kier alpha value is -0.820. The number of nitrogens with zero attached hydrogens (tertiary/aromatic N) is 2. The Balaban J connectivity index is 1.75. The Morgan fingerprint density at radius 2 is 2.17 bits per heavy atom.